The first-order chi connectivity index (χ1) is 7.20. The summed E-state index contributed by atoms with van der Waals surface area (Å²) in [5, 5.41) is 9.08. The molecular weight excluding hydrogens is 198 g/mol. The number of ether oxygens (including phenoxy) is 1. The van der Waals surface area contributed by atoms with E-state index in [4.69, 9.17) is 9.84 Å². The van der Waals surface area contributed by atoms with Gasteiger partial charge < -0.3 is 14.7 Å². The highest BCUT2D eigenvalue weighted by Gasteiger charge is 2.35. The van der Waals surface area contributed by atoms with E-state index in [0.29, 0.717) is 26.0 Å². The summed E-state index contributed by atoms with van der Waals surface area (Å²) in [4.78, 5) is 23.2. The zero-order valence-electron chi connectivity index (χ0n) is 8.89. The monoisotopic (exact) mass is 215 g/mol. The summed E-state index contributed by atoms with van der Waals surface area (Å²) >= 11 is 0. The molecule has 0 saturated carbocycles. The van der Waals surface area contributed by atoms with Crippen LogP contribution in [0.3, 0.4) is 0 Å². The van der Waals surface area contributed by atoms with Crippen molar-refractivity contribution in [2.45, 2.75) is 38.3 Å². The number of hydrogen-bond acceptors (Lipinski definition) is 3. The molecule has 0 radical (unpaired) electrons. The Bertz CT molecular complexity index is 225. The predicted molar refractivity (Wildman–Crippen MR) is 53.5 cm³/mol. The molecule has 0 aromatic rings. The van der Waals surface area contributed by atoms with Crippen LogP contribution in [0, 0.1) is 0 Å². The Kier molecular flexibility index (Phi) is 4.55. The lowest BCUT2D eigenvalue weighted by Crippen LogP contribution is -2.48. The molecule has 0 aromatic carbocycles. The van der Waals surface area contributed by atoms with Gasteiger partial charge in [0.05, 0.1) is 6.10 Å². The third-order valence-corrected chi connectivity index (χ3v) is 2.54. The molecule has 5 nitrogen and oxygen atoms in total. The fourth-order valence-corrected chi connectivity index (χ4v) is 1.88. The van der Waals surface area contributed by atoms with Crippen molar-refractivity contribution < 1.29 is 19.4 Å². The average Bonchev–Trinajstić information content (AvgIpc) is 2.69. The molecule has 86 valence electrons. The summed E-state index contributed by atoms with van der Waals surface area (Å²) in [6, 6.07) is -0.829. The fourth-order valence-electron chi connectivity index (χ4n) is 1.88. The lowest BCUT2D eigenvalue weighted by molar-refractivity contribution is -0.151. The van der Waals surface area contributed by atoms with Crippen LogP contribution in [0.5, 0.6) is 0 Å². The van der Waals surface area contributed by atoms with E-state index in [2.05, 4.69) is 0 Å². The molecule has 2 atom stereocenters. The van der Waals surface area contributed by atoms with Gasteiger partial charge in [-0.15, -0.1) is 0 Å². The van der Waals surface area contributed by atoms with Crippen LogP contribution in [0.15, 0.2) is 0 Å². The Labute approximate surface area is 89.0 Å². The molecule has 0 aliphatic carbocycles. The molecule has 1 aliphatic heterocycles. The van der Waals surface area contributed by atoms with E-state index in [1.807, 2.05) is 6.92 Å². The molecular formula is C10H17NO4. The van der Waals surface area contributed by atoms with E-state index in [1.54, 1.807) is 0 Å². The van der Waals surface area contributed by atoms with Crippen molar-refractivity contribution in [2.24, 2.45) is 0 Å². The average molecular weight is 215 g/mol. The van der Waals surface area contributed by atoms with Gasteiger partial charge in [-0.05, 0) is 19.3 Å². The van der Waals surface area contributed by atoms with Gasteiger partial charge in [0, 0.05) is 13.2 Å². The van der Waals surface area contributed by atoms with Crippen molar-refractivity contribution in [3.05, 3.63) is 0 Å². The summed E-state index contributed by atoms with van der Waals surface area (Å²) < 4.78 is 5.32. The first-order valence-electron chi connectivity index (χ1n) is 5.26. The fraction of sp³-hybridized carbons (Fsp3) is 0.800. The number of rotatable bonds is 6. The second-order valence-corrected chi connectivity index (χ2v) is 3.68. The van der Waals surface area contributed by atoms with Crippen LogP contribution in [0.1, 0.15) is 26.2 Å². The Morgan fingerprint density at radius 3 is 2.87 bits per heavy atom. The van der Waals surface area contributed by atoms with Crippen LogP contribution in [0.4, 0.5) is 0 Å². The second-order valence-electron chi connectivity index (χ2n) is 3.68. The number of carbonyl (C=O) groups excluding carboxylic acids is 1. The largest absolute Gasteiger partial charge is 0.480 e. The van der Waals surface area contributed by atoms with Gasteiger partial charge in [0.2, 0.25) is 6.41 Å². The van der Waals surface area contributed by atoms with Gasteiger partial charge in [0.25, 0.3) is 0 Å². The van der Waals surface area contributed by atoms with Crippen molar-refractivity contribution >= 4 is 12.4 Å². The summed E-state index contributed by atoms with van der Waals surface area (Å²) in [7, 11) is 0. The van der Waals surface area contributed by atoms with Gasteiger partial charge in [0.15, 0.2) is 6.04 Å². The van der Waals surface area contributed by atoms with Crippen molar-refractivity contribution in [1.82, 2.24) is 4.90 Å². The molecule has 2 unspecified atom stereocenters. The number of amides is 1. The van der Waals surface area contributed by atoms with E-state index in [1.165, 1.54) is 4.90 Å². The summed E-state index contributed by atoms with van der Waals surface area (Å²) in [5.74, 6) is -0.984. The Balaban J connectivity index is 2.69. The normalized spacial score (nSPS) is 22.3. The zero-order valence-corrected chi connectivity index (χ0v) is 8.89. The maximum Gasteiger partial charge on any atom is 0.329 e. The SMILES string of the molecule is CCCN(C=O)C(C(=O)O)C1CCCO1. The Hall–Kier alpha value is -1.10. The molecule has 1 fully saturated rings. The first-order valence-corrected chi connectivity index (χ1v) is 5.26. The topological polar surface area (TPSA) is 66.8 Å². The van der Waals surface area contributed by atoms with E-state index >= 15 is 0 Å². The number of carboxylic acid groups (broad SMARTS) is 1. The predicted octanol–water partition coefficient (Wildman–Crippen LogP) is 0.487. The minimum Gasteiger partial charge on any atom is -0.480 e. The molecule has 1 amide bonds. The molecule has 0 spiro atoms. The van der Waals surface area contributed by atoms with Gasteiger partial charge in [0.1, 0.15) is 0 Å². The zero-order chi connectivity index (χ0) is 11.3. The number of hydrogen-bond donors (Lipinski definition) is 1. The Morgan fingerprint density at radius 1 is 1.73 bits per heavy atom. The quantitative estimate of drug-likeness (QED) is 0.655. The summed E-state index contributed by atoms with van der Waals surface area (Å²) in [6.07, 6.45) is 2.58. The second kappa shape index (κ2) is 5.70. The first kappa shape index (κ1) is 12.0. The lowest BCUT2D eigenvalue weighted by atomic mass is 10.1. The molecule has 5 heteroatoms. The third-order valence-electron chi connectivity index (χ3n) is 2.54. The van der Waals surface area contributed by atoms with E-state index in [-0.39, 0.29) is 6.10 Å². The van der Waals surface area contributed by atoms with Crippen LogP contribution in [0.25, 0.3) is 0 Å². The van der Waals surface area contributed by atoms with Crippen molar-refractivity contribution in [2.75, 3.05) is 13.2 Å². The van der Waals surface area contributed by atoms with Crippen molar-refractivity contribution in [3.63, 3.8) is 0 Å². The Morgan fingerprint density at radius 2 is 2.47 bits per heavy atom. The van der Waals surface area contributed by atoms with Gasteiger partial charge >= 0.3 is 5.97 Å². The third kappa shape index (κ3) is 2.92. The van der Waals surface area contributed by atoms with E-state index in [0.717, 1.165) is 12.8 Å². The molecule has 15 heavy (non-hydrogen) atoms. The molecule has 1 aliphatic rings. The minimum absolute atomic E-state index is 0.348. The van der Waals surface area contributed by atoms with Crippen LogP contribution in [0.2, 0.25) is 0 Å². The molecule has 1 rings (SSSR count). The van der Waals surface area contributed by atoms with Crippen LogP contribution < -0.4 is 0 Å². The van der Waals surface area contributed by atoms with Gasteiger partial charge in [-0.1, -0.05) is 6.92 Å². The smallest absolute Gasteiger partial charge is 0.329 e. The molecule has 0 aromatic heterocycles. The summed E-state index contributed by atoms with van der Waals surface area (Å²) in [6.45, 7) is 2.96. The number of carbonyl (C=O) groups is 2. The standard InChI is InChI=1S/C10H17NO4/c1-2-5-11(7-12)9(10(13)14)8-4-3-6-15-8/h7-9H,2-6H2,1H3,(H,13,14). The minimum atomic E-state index is -0.984. The van der Waals surface area contributed by atoms with Gasteiger partial charge in [-0.2, -0.15) is 0 Å². The van der Waals surface area contributed by atoms with E-state index < -0.39 is 12.0 Å². The van der Waals surface area contributed by atoms with Crippen LogP contribution in [-0.4, -0.2) is 47.7 Å². The molecule has 1 N–H and O–H groups in total. The van der Waals surface area contributed by atoms with Crippen LogP contribution in [-0.2, 0) is 14.3 Å². The summed E-state index contributed by atoms with van der Waals surface area (Å²) in [5.41, 5.74) is 0. The number of aliphatic carboxylic acids is 1. The lowest BCUT2D eigenvalue weighted by Gasteiger charge is -2.28. The number of carboxylic acids is 1. The highest BCUT2D eigenvalue weighted by molar-refractivity contribution is 5.77. The van der Waals surface area contributed by atoms with Crippen molar-refractivity contribution in [1.29, 1.82) is 0 Å². The number of nitrogens with zero attached hydrogens (tertiary/aromatic N) is 1. The van der Waals surface area contributed by atoms with Crippen LogP contribution >= 0.6 is 0 Å². The maximum absolute atomic E-state index is 11.1. The molecule has 1 saturated heterocycles. The molecule has 1 heterocycles. The van der Waals surface area contributed by atoms with Crippen molar-refractivity contribution in [3.8, 4) is 0 Å². The molecule has 0 bridgehead atoms. The maximum atomic E-state index is 11.1. The highest BCUT2D eigenvalue weighted by atomic mass is 16.5. The van der Waals surface area contributed by atoms with Gasteiger partial charge in [-0.25, -0.2) is 4.79 Å². The van der Waals surface area contributed by atoms with E-state index in [9.17, 15) is 9.59 Å². The highest BCUT2D eigenvalue weighted by Crippen LogP contribution is 2.19. The van der Waals surface area contributed by atoms with Gasteiger partial charge in [-0.3, -0.25) is 4.79 Å².